The number of carbonyl (C=O) groups is 1. The maximum absolute atomic E-state index is 12.6. The van der Waals surface area contributed by atoms with Crippen LogP contribution < -0.4 is 10.1 Å². The molecular weight excluding hydrogens is 432 g/mol. The molecule has 5 heteroatoms. The van der Waals surface area contributed by atoms with E-state index in [0.29, 0.717) is 23.1 Å². The molecule has 0 radical (unpaired) electrons. The van der Waals surface area contributed by atoms with Crippen molar-refractivity contribution >= 4 is 40.0 Å². The predicted octanol–water partition coefficient (Wildman–Crippen LogP) is 6.93. The van der Waals surface area contributed by atoms with Gasteiger partial charge in [-0.15, -0.1) is 0 Å². The summed E-state index contributed by atoms with van der Waals surface area (Å²) in [6.07, 6.45) is 1.55. The third-order valence-electron chi connectivity index (χ3n) is 5.27. The average Bonchev–Trinajstić information content (AvgIpc) is 2.83. The molecule has 0 aliphatic heterocycles. The van der Waals surface area contributed by atoms with E-state index in [1.54, 1.807) is 24.3 Å². The van der Waals surface area contributed by atoms with E-state index in [0.717, 1.165) is 16.7 Å². The van der Waals surface area contributed by atoms with E-state index in [9.17, 15) is 10.1 Å². The number of amides is 1. The highest BCUT2D eigenvalue weighted by atomic mass is 35.5. The van der Waals surface area contributed by atoms with Crippen LogP contribution in [0.2, 0.25) is 5.02 Å². The summed E-state index contributed by atoms with van der Waals surface area (Å²) in [6, 6.07) is 28.8. The number of ether oxygens (including phenoxy) is 1. The summed E-state index contributed by atoms with van der Waals surface area (Å²) in [7, 11) is 0. The Morgan fingerprint density at radius 1 is 1.03 bits per heavy atom. The lowest BCUT2D eigenvalue weighted by Crippen LogP contribution is -2.14. The van der Waals surface area contributed by atoms with Crippen molar-refractivity contribution < 1.29 is 9.53 Å². The van der Waals surface area contributed by atoms with E-state index < -0.39 is 5.91 Å². The second-order valence-electron chi connectivity index (χ2n) is 7.58. The molecule has 4 nitrogen and oxygen atoms in total. The third kappa shape index (κ3) is 5.41. The number of anilines is 1. The summed E-state index contributed by atoms with van der Waals surface area (Å²) in [4.78, 5) is 12.6. The Kier molecular flexibility index (Phi) is 6.73. The van der Waals surface area contributed by atoms with Gasteiger partial charge in [-0.2, -0.15) is 5.26 Å². The van der Waals surface area contributed by atoms with Crippen LogP contribution in [0.5, 0.6) is 5.75 Å². The molecule has 4 rings (SSSR count). The number of hydrogen-bond donors (Lipinski definition) is 1. The molecule has 4 aromatic carbocycles. The van der Waals surface area contributed by atoms with Crippen LogP contribution in [0.15, 0.2) is 90.5 Å². The molecule has 0 heterocycles. The minimum Gasteiger partial charge on any atom is -0.489 e. The van der Waals surface area contributed by atoms with Gasteiger partial charge >= 0.3 is 0 Å². The van der Waals surface area contributed by atoms with Crippen LogP contribution in [0.1, 0.15) is 16.7 Å². The highest BCUT2D eigenvalue weighted by molar-refractivity contribution is 6.30. The van der Waals surface area contributed by atoms with E-state index in [1.165, 1.54) is 10.8 Å². The van der Waals surface area contributed by atoms with Crippen LogP contribution in [0, 0.1) is 18.3 Å². The fraction of sp³-hybridized carbons (Fsp3) is 0.0714. The first kappa shape index (κ1) is 22.1. The SMILES string of the molecule is Cc1cc(Cl)ccc1NC(=O)/C(C#N)=C/c1ccc(OCc2cccc3ccccc23)cc1. The van der Waals surface area contributed by atoms with Gasteiger partial charge in [0.05, 0.1) is 0 Å². The predicted molar refractivity (Wildman–Crippen MR) is 133 cm³/mol. The van der Waals surface area contributed by atoms with Gasteiger partial charge in [0.2, 0.25) is 0 Å². The second-order valence-corrected chi connectivity index (χ2v) is 8.02. The highest BCUT2D eigenvalue weighted by Gasteiger charge is 2.11. The normalized spacial score (nSPS) is 11.1. The van der Waals surface area contributed by atoms with Crippen LogP contribution >= 0.6 is 11.6 Å². The maximum atomic E-state index is 12.6. The Hall–Kier alpha value is -4.07. The van der Waals surface area contributed by atoms with Gasteiger partial charge in [0.15, 0.2) is 0 Å². The quantitative estimate of drug-likeness (QED) is 0.255. The van der Waals surface area contributed by atoms with Crippen molar-refractivity contribution in [2.45, 2.75) is 13.5 Å². The molecule has 0 bridgehead atoms. The smallest absolute Gasteiger partial charge is 0.266 e. The Morgan fingerprint density at radius 2 is 1.79 bits per heavy atom. The number of carbonyl (C=O) groups excluding carboxylic acids is 1. The molecule has 33 heavy (non-hydrogen) atoms. The van der Waals surface area contributed by atoms with Crippen LogP contribution in [0.25, 0.3) is 16.8 Å². The molecule has 0 fully saturated rings. The Bertz CT molecular complexity index is 1380. The van der Waals surface area contributed by atoms with Crippen LogP contribution in [-0.4, -0.2) is 5.91 Å². The van der Waals surface area contributed by atoms with Gasteiger partial charge < -0.3 is 10.1 Å². The summed E-state index contributed by atoms with van der Waals surface area (Å²) in [5.74, 6) is 0.235. The first-order valence-corrected chi connectivity index (χ1v) is 10.8. The van der Waals surface area contributed by atoms with Gasteiger partial charge in [-0.25, -0.2) is 0 Å². The monoisotopic (exact) mass is 452 g/mol. The second kappa shape index (κ2) is 10.0. The van der Waals surface area contributed by atoms with Gasteiger partial charge in [0, 0.05) is 10.7 Å². The first-order valence-electron chi connectivity index (χ1n) is 10.4. The average molecular weight is 453 g/mol. The van der Waals surface area contributed by atoms with Gasteiger partial charge in [0.1, 0.15) is 24.0 Å². The van der Waals surface area contributed by atoms with Crippen molar-refractivity contribution in [3.05, 3.63) is 112 Å². The molecule has 0 spiro atoms. The van der Waals surface area contributed by atoms with Crippen LogP contribution in [0.4, 0.5) is 5.69 Å². The van der Waals surface area contributed by atoms with E-state index in [-0.39, 0.29) is 5.57 Å². The number of halogens is 1. The topological polar surface area (TPSA) is 62.1 Å². The first-order chi connectivity index (χ1) is 16.0. The number of hydrogen-bond acceptors (Lipinski definition) is 3. The van der Waals surface area contributed by atoms with Crippen molar-refractivity contribution in [2.24, 2.45) is 0 Å². The van der Waals surface area contributed by atoms with Crippen molar-refractivity contribution in [3.63, 3.8) is 0 Å². The molecule has 1 amide bonds. The summed E-state index contributed by atoms with van der Waals surface area (Å²) >= 11 is 5.96. The summed E-state index contributed by atoms with van der Waals surface area (Å²) in [5.41, 5.74) is 3.28. The summed E-state index contributed by atoms with van der Waals surface area (Å²) in [6.45, 7) is 2.29. The number of rotatable bonds is 6. The van der Waals surface area contributed by atoms with E-state index >= 15 is 0 Å². The van der Waals surface area contributed by atoms with Gasteiger partial charge in [0.25, 0.3) is 5.91 Å². The van der Waals surface area contributed by atoms with Crippen LogP contribution in [-0.2, 0) is 11.4 Å². The number of fused-ring (bicyclic) bond motifs is 1. The lowest BCUT2D eigenvalue weighted by atomic mass is 10.1. The maximum Gasteiger partial charge on any atom is 0.266 e. The molecule has 0 unspecified atom stereocenters. The van der Waals surface area contributed by atoms with Gasteiger partial charge in [-0.3, -0.25) is 4.79 Å². The third-order valence-corrected chi connectivity index (χ3v) is 5.50. The fourth-order valence-electron chi connectivity index (χ4n) is 3.51. The van der Waals surface area contributed by atoms with E-state index in [2.05, 4.69) is 29.6 Å². The molecule has 0 saturated heterocycles. The highest BCUT2D eigenvalue weighted by Crippen LogP contribution is 2.23. The fourth-order valence-corrected chi connectivity index (χ4v) is 3.74. The Labute approximate surface area is 197 Å². The van der Waals surface area contributed by atoms with Crippen molar-refractivity contribution in [1.82, 2.24) is 0 Å². The minimum absolute atomic E-state index is 0.00812. The largest absolute Gasteiger partial charge is 0.489 e. The Morgan fingerprint density at radius 3 is 2.55 bits per heavy atom. The van der Waals surface area contributed by atoms with Crippen LogP contribution in [0.3, 0.4) is 0 Å². The molecule has 0 saturated carbocycles. The van der Waals surface area contributed by atoms with Crippen molar-refractivity contribution in [2.75, 3.05) is 5.32 Å². The zero-order chi connectivity index (χ0) is 23.2. The van der Waals surface area contributed by atoms with E-state index in [1.807, 2.05) is 55.5 Å². The zero-order valence-corrected chi connectivity index (χ0v) is 18.8. The number of aryl methyl sites for hydroxylation is 1. The molecule has 0 atom stereocenters. The lowest BCUT2D eigenvalue weighted by Gasteiger charge is -2.10. The Balaban J connectivity index is 1.44. The lowest BCUT2D eigenvalue weighted by molar-refractivity contribution is -0.112. The minimum atomic E-state index is -0.473. The number of nitriles is 1. The van der Waals surface area contributed by atoms with Gasteiger partial charge in [-0.05, 0) is 70.8 Å². The summed E-state index contributed by atoms with van der Waals surface area (Å²) in [5, 5.41) is 15.2. The zero-order valence-electron chi connectivity index (χ0n) is 18.0. The molecule has 0 aliphatic rings. The standard InChI is InChI=1S/C28H21ClN2O2/c1-19-15-24(29)11-14-27(19)31-28(32)23(17-30)16-20-9-12-25(13-10-20)33-18-22-7-4-6-21-5-2-3-8-26(21)22/h2-16H,18H2,1H3,(H,31,32)/b23-16+. The molecule has 0 aliphatic carbocycles. The van der Waals surface area contributed by atoms with Gasteiger partial charge in [-0.1, -0.05) is 66.2 Å². The van der Waals surface area contributed by atoms with E-state index in [4.69, 9.17) is 16.3 Å². The molecule has 1 N–H and O–H groups in total. The molecule has 4 aromatic rings. The summed E-state index contributed by atoms with van der Waals surface area (Å²) < 4.78 is 5.96. The van der Waals surface area contributed by atoms with Crippen molar-refractivity contribution in [3.8, 4) is 11.8 Å². The molecular formula is C28H21ClN2O2. The van der Waals surface area contributed by atoms with Crippen molar-refractivity contribution in [1.29, 1.82) is 5.26 Å². The number of benzene rings is 4. The molecule has 162 valence electrons. The number of nitrogens with zero attached hydrogens (tertiary/aromatic N) is 1. The molecule has 0 aromatic heterocycles. The number of nitrogens with one attached hydrogen (secondary N) is 1.